The number of para-hydroxylation sites is 2. The number of amides is 1. The van der Waals surface area contributed by atoms with Gasteiger partial charge < -0.3 is 14.6 Å². The van der Waals surface area contributed by atoms with Gasteiger partial charge in [0, 0.05) is 5.56 Å². The van der Waals surface area contributed by atoms with E-state index in [-0.39, 0.29) is 18.1 Å². The van der Waals surface area contributed by atoms with Gasteiger partial charge in [0.15, 0.2) is 16.7 Å². The van der Waals surface area contributed by atoms with Gasteiger partial charge in [-0.15, -0.1) is 0 Å². The van der Waals surface area contributed by atoms with E-state index >= 15 is 0 Å². The largest absolute Gasteiger partial charge is 0.493 e. The SMILES string of the molecule is COc1cccc(/C=C2\SC(=Nc3ccccc3)N(Cc3ccccc3)C2=O)c1OCc1ccc(C(=O)O)cc1. The van der Waals surface area contributed by atoms with Gasteiger partial charge in [0.2, 0.25) is 0 Å². The molecule has 0 atom stereocenters. The Morgan fingerprint density at radius 1 is 0.900 bits per heavy atom. The zero-order valence-electron chi connectivity index (χ0n) is 21.7. The van der Waals surface area contributed by atoms with Crippen molar-refractivity contribution in [3.8, 4) is 11.5 Å². The number of nitrogens with zero attached hydrogens (tertiary/aromatic N) is 2. The fraction of sp³-hybridized carbons (Fsp3) is 0.0938. The molecule has 7 nitrogen and oxygen atoms in total. The summed E-state index contributed by atoms with van der Waals surface area (Å²) in [6.45, 7) is 0.585. The first-order chi connectivity index (χ1) is 19.5. The second-order valence-electron chi connectivity index (χ2n) is 8.89. The van der Waals surface area contributed by atoms with E-state index in [2.05, 4.69) is 0 Å². The summed E-state index contributed by atoms with van der Waals surface area (Å²) in [5.74, 6) is -0.134. The molecule has 4 aromatic carbocycles. The van der Waals surface area contributed by atoms with Crippen LogP contribution in [0.4, 0.5) is 5.69 Å². The highest BCUT2D eigenvalue weighted by molar-refractivity contribution is 8.18. The maximum atomic E-state index is 13.7. The quantitative estimate of drug-likeness (QED) is 0.231. The molecule has 8 heteroatoms. The molecule has 1 N–H and O–H groups in total. The summed E-state index contributed by atoms with van der Waals surface area (Å²) >= 11 is 1.31. The summed E-state index contributed by atoms with van der Waals surface area (Å²) in [5, 5.41) is 9.75. The van der Waals surface area contributed by atoms with Crippen LogP contribution in [0.2, 0.25) is 0 Å². The standard InChI is InChI=1S/C32H26N2O5S/c1-38-27-14-8-11-25(29(27)39-21-23-15-17-24(18-16-23)31(36)37)19-28-30(35)34(20-22-9-4-2-5-10-22)32(40-28)33-26-12-6-3-7-13-26/h2-19H,20-21H2,1H3,(H,36,37)/b28-19-,33-32?. The zero-order valence-corrected chi connectivity index (χ0v) is 22.5. The Morgan fingerprint density at radius 3 is 2.27 bits per heavy atom. The van der Waals surface area contributed by atoms with Crippen molar-refractivity contribution in [1.82, 2.24) is 4.90 Å². The fourth-order valence-corrected chi connectivity index (χ4v) is 5.10. The Bertz CT molecular complexity index is 1570. The number of carbonyl (C=O) groups is 2. The molecule has 1 saturated heterocycles. The second kappa shape index (κ2) is 12.4. The first kappa shape index (κ1) is 26.8. The third-order valence-corrected chi connectivity index (χ3v) is 7.16. The molecule has 0 aromatic heterocycles. The Morgan fingerprint density at radius 2 is 1.60 bits per heavy atom. The number of hydrogen-bond acceptors (Lipinski definition) is 6. The molecule has 1 aliphatic rings. The Balaban J connectivity index is 1.46. The Kier molecular flexibility index (Phi) is 8.27. The predicted molar refractivity (Wildman–Crippen MR) is 157 cm³/mol. The first-order valence-corrected chi connectivity index (χ1v) is 13.3. The normalized spacial score (nSPS) is 15.0. The maximum absolute atomic E-state index is 13.7. The molecule has 0 saturated carbocycles. The van der Waals surface area contributed by atoms with Crippen molar-refractivity contribution in [2.24, 2.45) is 4.99 Å². The number of amidine groups is 1. The van der Waals surface area contributed by atoms with Gasteiger partial charge in [0.1, 0.15) is 6.61 Å². The van der Waals surface area contributed by atoms with E-state index in [0.717, 1.165) is 16.8 Å². The first-order valence-electron chi connectivity index (χ1n) is 12.5. The number of rotatable bonds is 9. The summed E-state index contributed by atoms with van der Waals surface area (Å²) in [7, 11) is 1.56. The van der Waals surface area contributed by atoms with Crippen molar-refractivity contribution in [3.05, 3.63) is 130 Å². The lowest BCUT2D eigenvalue weighted by Gasteiger charge is -2.16. The minimum atomic E-state index is -0.985. The van der Waals surface area contributed by atoms with Gasteiger partial charge in [-0.3, -0.25) is 9.69 Å². The second-order valence-corrected chi connectivity index (χ2v) is 9.90. The van der Waals surface area contributed by atoms with E-state index in [9.17, 15) is 9.59 Å². The monoisotopic (exact) mass is 550 g/mol. The number of methoxy groups -OCH3 is 1. The molecule has 0 spiro atoms. The third kappa shape index (κ3) is 6.24. The van der Waals surface area contributed by atoms with E-state index in [1.807, 2.05) is 72.8 Å². The molecular weight excluding hydrogens is 524 g/mol. The minimum absolute atomic E-state index is 0.151. The minimum Gasteiger partial charge on any atom is -0.493 e. The van der Waals surface area contributed by atoms with Crippen molar-refractivity contribution in [2.75, 3.05) is 7.11 Å². The van der Waals surface area contributed by atoms with Gasteiger partial charge in [-0.25, -0.2) is 9.79 Å². The zero-order chi connectivity index (χ0) is 27.9. The van der Waals surface area contributed by atoms with Crippen LogP contribution in [0, 0.1) is 0 Å². The highest BCUT2D eigenvalue weighted by atomic mass is 32.2. The maximum Gasteiger partial charge on any atom is 0.335 e. The summed E-state index contributed by atoms with van der Waals surface area (Å²) in [6.07, 6.45) is 1.80. The molecular formula is C32H26N2O5S. The molecule has 1 heterocycles. The van der Waals surface area contributed by atoms with Crippen LogP contribution in [0.25, 0.3) is 6.08 Å². The topological polar surface area (TPSA) is 88.4 Å². The van der Waals surface area contributed by atoms with E-state index in [4.69, 9.17) is 19.6 Å². The number of aliphatic imine (C=N–C) groups is 1. The van der Waals surface area contributed by atoms with Crippen molar-refractivity contribution >= 4 is 40.6 Å². The van der Waals surface area contributed by atoms with Crippen LogP contribution in [0.15, 0.2) is 113 Å². The Hall–Kier alpha value is -4.82. The average Bonchev–Trinajstić information content (AvgIpc) is 3.26. The Labute approximate surface area is 236 Å². The predicted octanol–water partition coefficient (Wildman–Crippen LogP) is 6.78. The van der Waals surface area contributed by atoms with Crippen LogP contribution in [-0.2, 0) is 17.9 Å². The summed E-state index contributed by atoms with van der Waals surface area (Å²) < 4.78 is 11.7. The lowest BCUT2D eigenvalue weighted by Crippen LogP contribution is -2.28. The number of carboxylic acids is 1. The van der Waals surface area contributed by atoms with Crippen LogP contribution in [-0.4, -0.2) is 34.2 Å². The molecule has 200 valence electrons. The van der Waals surface area contributed by atoms with E-state index in [1.165, 1.54) is 23.9 Å². The van der Waals surface area contributed by atoms with Crippen LogP contribution in [0.1, 0.15) is 27.0 Å². The van der Waals surface area contributed by atoms with Gasteiger partial charge in [-0.1, -0.05) is 72.8 Å². The molecule has 1 fully saturated rings. The summed E-state index contributed by atoms with van der Waals surface area (Å²) in [4.78, 5) is 31.8. The molecule has 1 amide bonds. The molecule has 0 aliphatic carbocycles. The molecule has 40 heavy (non-hydrogen) atoms. The number of carboxylic acid groups (broad SMARTS) is 1. The van der Waals surface area contributed by atoms with Gasteiger partial charge >= 0.3 is 5.97 Å². The van der Waals surface area contributed by atoms with Crippen LogP contribution in [0.3, 0.4) is 0 Å². The third-order valence-electron chi connectivity index (χ3n) is 6.15. The van der Waals surface area contributed by atoms with Crippen molar-refractivity contribution < 1.29 is 24.2 Å². The van der Waals surface area contributed by atoms with E-state index < -0.39 is 5.97 Å². The number of hydrogen-bond donors (Lipinski definition) is 1. The summed E-state index contributed by atoms with van der Waals surface area (Å²) in [6, 6.07) is 31.3. The highest BCUT2D eigenvalue weighted by Gasteiger charge is 2.34. The smallest absolute Gasteiger partial charge is 0.335 e. The fourth-order valence-electron chi connectivity index (χ4n) is 4.11. The molecule has 4 aromatic rings. The number of thioether (sulfide) groups is 1. The molecule has 0 bridgehead atoms. The lowest BCUT2D eigenvalue weighted by molar-refractivity contribution is -0.122. The van der Waals surface area contributed by atoms with E-state index in [0.29, 0.717) is 33.7 Å². The lowest BCUT2D eigenvalue weighted by atomic mass is 10.1. The van der Waals surface area contributed by atoms with Crippen molar-refractivity contribution in [3.63, 3.8) is 0 Å². The molecule has 0 unspecified atom stereocenters. The number of benzene rings is 4. The van der Waals surface area contributed by atoms with Crippen molar-refractivity contribution in [1.29, 1.82) is 0 Å². The van der Waals surface area contributed by atoms with Crippen molar-refractivity contribution in [2.45, 2.75) is 13.2 Å². The van der Waals surface area contributed by atoms with Crippen LogP contribution < -0.4 is 9.47 Å². The average molecular weight is 551 g/mol. The number of carbonyl (C=O) groups excluding carboxylic acids is 1. The summed E-state index contributed by atoms with van der Waals surface area (Å²) in [5.41, 5.74) is 3.44. The molecule has 1 aliphatic heterocycles. The van der Waals surface area contributed by atoms with Gasteiger partial charge in [-0.05, 0) is 59.3 Å². The van der Waals surface area contributed by atoms with Crippen LogP contribution >= 0.6 is 11.8 Å². The van der Waals surface area contributed by atoms with Gasteiger partial charge in [0.05, 0.1) is 29.8 Å². The molecule has 5 rings (SSSR count). The van der Waals surface area contributed by atoms with E-state index in [1.54, 1.807) is 36.3 Å². The molecule has 0 radical (unpaired) electrons. The van der Waals surface area contributed by atoms with Crippen LogP contribution in [0.5, 0.6) is 11.5 Å². The van der Waals surface area contributed by atoms with Gasteiger partial charge in [0.25, 0.3) is 5.91 Å². The number of aromatic carboxylic acids is 1. The highest BCUT2D eigenvalue weighted by Crippen LogP contribution is 2.39. The van der Waals surface area contributed by atoms with Gasteiger partial charge in [-0.2, -0.15) is 0 Å². The number of ether oxygens (including phenoxy) is 2.